The molecule has 0 aliphatic heterocycles. The highest BCUT2D eigenvalue weighted by Crippen LogP contribution is 2.20. The molecule has 0 bridgehead atoms. The van der Waals surface area contributed by atoms with Crippen LogP contribution >= 0.6 is 0 Å². The molecule has 0 saturated carbocycles. The van der Waals surface area contributed by atoms with Crippen LogP contribution in [0.1, 0.15) is 30.6 Å². The number of halogens is 1. The van der Waals surface area contributed by atoms with Gasteiger partial charge in [-0.2, -0.15) is 0 Å². The molecule has 0 aliphatic carbocycles. The molecule has 2 rings (SSSR count). The lowest BCUT2D eigenvalue weighted by Gasteiger charge is -2.11. The van der Waals surface area contributed by atoms with Crippen molar-refractivity contribution in [2.45, 2.75) is 20.3 Å². The molecule has 2 aromatic carbocycles. The summed E-state index contributed by atoms with van der Waals surface area (Å²) in [7, 11) is 0. The Morgan fingerprint density at radius 2 is 1.74 bits per heavy atom. The van der Waals surface area contributed by atoms with Gasteiger partial charge in [-0.25, -0.2) is 4.39 Å². The maximum Gasteiger partial charge on any atom is 0.269 e. The molecule has 1 atom stereocenters. The van der Waals surface area contributed by atoms with Gasteiger partial charge in [0.2, 0.25) is 5.91 Å². The zero-order chi connectivity index (χ0) is 16.8. The molecule has 0 radical (unpaired) electrons. The molecular formula is C18H19FN2O2. The molecule has 4 nitrogen and oxygen atoms in total. The van der Waals surface area contributed by atoms with Crippen LogP contribution in [0.15, 0.2) is 48.5 Å². The third-order valence-electron chi connectivity index (χ3n) is 3.66. The number of amides is 2. The van der Waals surface area contributed by atoms with Crippen LogP contribution in [0.3, 0.4) is 0 Å². The molecule has 0 fully saturated rings. The SMILES string of the molecule is CCC(C)C(=O)NNC(=O)c1ccc(-c2cccc(F)c2)cc1. The fraction of sp³-hybridized carbons (Fsp3) is 0.222. The Morgan fingerprint density at radius 1 is 1.04 bits per heavy atom. The van der Waals surface area contributed by atoms with Crippen molar-refractivity contribution in [3.05, 3.63) is 59.9 Å². The minimum Gasteiger partial charge on any atom is -0.273 e. The maximum absolute atomic E-state index is 13.2. The van der Waals surface area contributed by atoms with Crippen LogP contribution in [0, 0.1) is 11.7 Å². The molecule has 0 aliphatic rings. The highest BCUT2D eigenvalue weighted by Gasteiger charge is 2.12. The fourth-order valence-electron chi connectivity index (χ4n) is 1.98. The van der Waals surface area contributed by atoms with Gasteiger partial charge in [-0.15, -0.1) is 0 Å². The largest absolute Gasteiger partial charge is 0.273 e. The quantitative estimate of drug-likeness (QED) is 0.851. The van der Waals surface area contributed by atoms with Crippen LogP contribution in [-0.2, 0) is 4.79 Å². The molecule has 0 aromatic heterocycles. The average Bonchev–Trinajstić information content (AvgIpc) is 2.58. The van der Waals surface area contributed by atoms with E-state index in [0.717, 1.165) is 11.1 Å². The van der Waals surface area contributed by atoms with E-state index in [9.17, 15) is 14.0 Å². The normalized spacial score (nSPS) is 11.6. The summed E-state index contributed by atoms with van der Waals surface area (Å²) in [5, 5.41) is 0. The van der Waals surface area contributed by atoms with Gasteiger partial charge in [0.15, 0.2) is 0 Å². The van der Waals surface area contributed by atoms with Crippen molar-refractivity contribution in [2.24, 2.45) is 5.92 Å². The van der Waals surface area contributed by atoms with Gasteiger partial charge in [0.05, 0.1) is 0 Å². The van der Waals surface area contributed by atoms with Gasteiger partial charge in [-0.05, 0) is 41.8 Å². The maximum atomic E-state index is 13.2. The van der Waals surface area contributed by atoms with E-state index < -0.39 is 5.91 Å². The molecule has 0 saturated heterocycles. The summed E-state index contributed by atoms with van der Waals surface area (Å²) in [5.74, 6) is -1.09. The zero-order valence-corrected chi connectivity index (χ0v) is 13.1. The van der Waals surface area contributed by atoms with Crippen molar-refractivity contribution in [2.75, 3.05) is 0 Å². The summed E-state index contributed by atoms with van der Waals surface area (Å²) < 4.78 is 13.2. The van der Waals surface area contributed by atoms with Crippen LogP contribution in [0.2, 0.25) is 0 Å². The highest BCUT2D eigenvalue weighted by atomic mass is 19.1. The van der Waals surface area contributed by atoms with Gasteiger partial charge in [-0.3, -0.25) is 20.4 Å². The number of carbonyl (C=O) groups excluding carboxylic acids is 2. The van der Waals surface area contributed by atoms with Gasteiger partial charge >= 0.3 is 0 Å². The highest BCUT2D eigenvalue weighted by molar-refractivity contribution is 5.95. The van der Waals surface area contributed by atoms with E-state index in [0.29, 0.717) is 12.0 Å². The van der Waals surface area contributed by atoms with Crippen molar-refractivity contribution in [1.29, 1.82) is 0 Å². The molecular weight excluding hydrogens is 295 g/mol. The van der Waals surface area contributed by atoms with Crippen LogP contribution in [0.5, 0.6) is 0 Å². The summed E-state index contributed by atoms with van der Waals surface area (Å²) in [6.45, 7) is 3.69. The van der Waals surface area contributed by atoms with Crippen molar-refractivity contribution in [3.63, 3.8) is 0 Å². The van der Waals surface area contributed by atoms with Crippen molar-refractivity contribution < 1.29 is 14.0 Å². The van der Waals surface area contributed by atoms with Gasteiger partial charge < -0.3 is 0 Å². The van der Waals surface area contributed by atoms with Gasteiger partial charge in [0.25, 0.3) is 5.91 Å². The number of carbonyl (C=O) groups is 2. The monoisotopic (exact) mass is 314 g/mol. The van der Waals surface area contributed by atoms with Crippen molar-refractivity contribution >= 4 is 11.8 Å². The third-order valence-corrected chi connectivity index (χ3v) is 3.66. The predicted molar refractivity (Wildman–Crippen MR) is 86.9 cm³/mol. The van der Waals surface area contributed by atoms with E-state index in [1.54, 1.807) is 43.3 Å². The number of hydrogen-bond donors (Lipinski definition) is 2. The van der Waals surface area contributed by atoms with E-state index in [-0.39, 0.29) is 17.6 Å². The summed E-state index contributed by atoms with van der Waals surface area (Å²) in [4.78, 5) is 23.6. The Balaban J connectivity index is 2.02. The summed E-state index contributed by atoms with van der Waals surface area (Å²) in [6, 6.07) is 13.0. The number of benzene rings is 2. The Bertz CT molecular complexity index is 698. The molecule has 1 unspecified atom stereocenters. The molecule has 2 aromatic rings. The van der Waals surface area contributed by atoms with Crippen LogP contribution in [0.4, 0.5) is 4.39 Å². The van der Waals surface area contributed by atoms with Gasteiger partial charge in [0, 0.05) is 11.5 Å². The molecule has 5 heteroatoms. The lowest BCUT2D eigenvalue weighted by Crippen LogP contribution is -2.43. The predicted octanol–water partition coefficient (Wildman–Crippen LogP) is 3.30. The van der Waals surface area contributed by atoms with Crippen LogP contribution in [-0.4, -0.2) is 11.8 Å². The second-order valence-electron chi connectivity index (χ2n) is 5.34. The summed E-state index contributed by atoms with van der Waals surface area (Å²) in [6.07, 6.45) is 0.698. The zero-order valence-electron chi connectivity index (χ0n) is 13.1. The number of hydrogen-bond acceptors (Lipinski definition) is 2. The molecule has 2 N–H and O–H groups in total. The van der Waals surface area contributed by atoms with Gasteiger partial charge in [0.1, 0.15) is 5.82 Å². The third kappa shape index (κ3) is 4.39. The minimum absolute atomic E-state index is 0.161. The Hall–Kier alpha value is -2.69. The minimum atomic E-state index is -0.396. The molecule has 0 heterocycles. The lowest BCUT2D eigenvalue weighted by atomic mass is 10.0. The number of rotatable bonds is 4. The van der Waals surface area contributed by atoms with Crippen molar-refractivity contribution in [1.82, 2.24) is 10.9 Å². The number of nitrogens with one attached hydrogen (secondary N) is 2. The Morgan fingerprint density at radius 3 is 2.35 bits per heavy atom. The van der Waals surface area contributed by atoms with Gasteiger partial charge in [-0.1, -0.05) is 38.1 Å². The first kappa shape index (κ1) is 16.7. The van der Waals surface area contributed by atoms with E-state index in [4.69, 9.17) is 0 Å². The van der Waals surface area contributed by atoms with E-state index in [1.807, 2.05) is 6.92 Å². The Labute approximate surface area is 134 Å². The molecule has 120 valence electrons. The fourth-order valence-corrected chi connectivity index (χ4v) is 1.98. The standard InChI is InChI=1S/C18H19FN2O2/c1-3-12(2)17(22)20-21-18(23)14-9-7-13(8-10-14)15-5-4-6-16(19)11-15/h4-12H,3H2,1-2H3,(H,20,22)(H,21,23). The number of hydrazine groups is 1. The average molecular weight is 314 g/mol. The second kappa shape index (κ2) is 7.54. The lowest BCUT2D eigenvalue weighted by molar-refractivity contribution is -0.125. The second-order valence-corrected chi connectivity index (χ2v) is 5.34. The first-order chi connectivity index (χ1) is 11.0. The first-order valence-electron chi connectivity index (χ1n) is 7.47. The van der Waals surface area contributed by atoms with Crippen LogP contribution in [0.25, 0.3) is 11.1 Å². The van der Waals surface area contributed by atoms with Crippen LogP contribution < -0.4 is 10.9 Å². The van der Waals surface area contributed by atoms with E-state index in [1.165, 1.54) is 12.1 Å². The summed E-state index contributed by atoms with van der Waals surface area (Å²) in [5.41, 5.74) is 6.74. The molecule has 2 amide bonds. The first-order valence-corrected chi connectivity index (χ1v) is 7.47. The molecule has 0 spiro atoms. The van der Waals surface area contributed by atoms with E-state index >= 15 is 0 Å². The molecule has 23 heavy (non-hydrogen) atoms. The van der Waals surface area contributed by atoms with Crippen molar-refractivity contribution in [3.8, 4) is 11.1 Å². The topological polar surface area (TPSA) is 58.2 Å². The smallest absolute Gasteiger partial charge is 0.269 e. The van der Waals surface area contributed by atoms with E-state index in [2.05, 4.69) is 10.9 Å². The Kier molecular flexibility index (Phi) is 5.46. The summed E-state index contributed by atoms with van der Waals surface area (Å²) >= 11 is 0.